The van der Waals surface area contributed by atoms with Gasteiger partial charge in [0.1, 0.15) is 0 Å². The number of hydrogen-bond donors (Lipinski definition) is 1. The maximum atomic E-state index is 9.23. The first kappa shape index (κ1) is 9.86. The zero-order valence-corrected chi connectivity index (χ0v) is 9.30. The summed E-state index contributed by atoms with van der Waals surface area (Å²) in [4.78, 5) is 0. The molecule has 0 heterocycles. The van der Waals surface area contributed by atoms with Crippen LogP contribution in [0.15, 0.2) is 12.2 Å². The van der Waals surface area contributed by atoms with Crippen molar-refractivity contribution in [3.05, 3.63) is 12.2 Å². The Morgan fingerprint density at radius 1 is 1.40 bits per heavy atom. The second-order valence-electron chi connectivity index (χ2n) is 5.52. The van der Waals surface area contributed by atoms with Gasteiger partial charge in [-0.15, -0.1) is 0 Å². The normalized spacial score (nSPS) is 48.5. The van der Waals surface area contributed by atoms with Gasteiger partial charge in [0, 0.05) is 0 Å². The van der Waals surface area contributed by atoms with E-state index in [0.29, 0.717) is 12.7 Å². The van der Waals surface area contributed by atoms with E-state index in [9.17, 15) is 5.11 Å². The maximum absolute atomic E-state index is 9.23. The van der Waals surface area contributed by atoms with Crippen LogP contribution in [0.25, 0.3) is 0 Å². The second-order valence-corrected chi connectivity index (χ2v) is 5.52. The zero-order chi connectivity index (χ0) is 10.4. The van der Waals surface area contributed by atoms with E-state index in [0.717, 1.165) is 23.7 Å². The summed E-state index contributed by atoms with van der Waals surface area (Å²) in [6.07, 6.45) is 8.76. The molecule has 3 rings (SSSR count). The molecule has 0 aromatic heterocycles. The highest BCUT2D eigenvalue weighted by atomic mass is 16.5. The van der Waals surface area contributed by atoms with E-state index in [1.54, 1.807) is 6.92 Å². The summed E-state index contributed by atoms with van der Waals surface area (Å²) in [5.41, 5.74) is 0. The molecule has 2 fully saturated rings. The number of rotatable bonds is 3. The molecule has 6 unspecified atom stereocenters. The van der Waals surface area contributed by atoms with Gasteiger partial charge in [-0.05, 0) is 49.9 Å². The monoisotopic (exact) mass is 208 g/mol. The molecule has 15 heavy (non-hydrogen) atoms. The molecule has 3 aliphatic rings. The van der Waals surface area contributed by atoms with Crippen molar-refractivity contribution >= 4 is 0 Å². The fourth-order valence-electron chi connectivity index (χ4n) is 3.95. The van der Waals surface area contributed by atoms with Crippen molar-refractivity contribution in [2.24, 2.45) is 23.7 Å². The van der Waals surface area contributed by atoms with Gasteiger partial charge in [0.25, 0.3) is 0 Å². The minimum Gasteiger partial charge on any atom is -0.391 e. The largest absolute Gasteiger partial charge is 0.391 e. The first-order chi connectivity index (χ1) is 7.25. The molecule has 2 heteroatoms. The first-order valence-corrected chi connectivity index (χ1v) is 6.22. The average Bonchev–Trinajstić information content (AvgIpc) is 2.86. The van der Waals surface area contributed by atoms with Gasteiger partial charge in [-0.25, -0.2) is 0 Å². The van der Waals surface area contributed by atoms with Crippen molar-refractivity contribution in [1.29, 1.82) is 0 Å². The smallest absolute Gasteiger partial charge is 0.0745 e. The van der Waals surface area contributed by atoms with Crippen molar-refractivity contribution < 1.29 is 9.84 Å². The lowest BCUT2D eigenvalue weighted by Crippen LogP contribution is -2.32. The molecule has 0 aromatic rings. The molecule has 1 N–H and O–H groups in total. The SMILES string of the molecule is CC(O)COC1CC2CC1C1CC=CC21. The lowest BCUT2D eigenvalue weighted by molar-refractivity contribution is -0.0421. The summed E-state index contributed by atoms with van der Waals surface area (Å²) in [6, 6.07) is 0. The first-order valence-electron chi connectivity index (χ1n) is 6.22. The van der Waals surface area contributed by atoms with Crippen molar-refractivity contribution in [2.75, 3.05) is 6.61 Å². The predicted molar refractivity (Wildman–Crippen MR) is 58.4 cm³/mol. The topological polar surface area (TPSA) is 29.5 Å². The van der Waals surface area contributed by atoms with Crippen LogP contribution in [0.5, 0.6) is 0 Å². The maximum Gasteiger partial charge on any atom is 0.0745 e. The van der Waals surface area contributed by atoms with Crippen molar-refractivity contribution in [1.82, 2.24) is 0 Å². The van der Waals surface area contributed by atoms with Gasteiger partial charge in [-0.2, -0.15) is 0 Å². The van der Waals surface area contributed by atoms with Gasteiger partial charge in [0.15, 0.2) is 0 Å². The van der Waals surface area contributed by atoms with Gasteiger partial charge < -0.3 is 9.84 Å². The molecule has 0 radical (unpaired) electrons. The van der Waals surface area contributed by atoms with Gasteiger partial charge >= 0.3 is 0 Å². The molecule has 0 amide bonds. The summed E-state index contributed by atoms with van der Waals surface area (Å²) in [7, 11) is 0. The molecule has 3 aliphatic carbocycles. The number of fused-ring (bicyclic) bond motifs is 5. The molecule has 2 nitrogen and oxygen atoms in total. The molecular formula is C13H20O2. The van der Waals surface area contributed by atoms with Crippen molar-refractivity contribution in [2.45, 2.75) is 38.4 Å². The summed E-state index contributed by atoms with van der Waals surface area (Å²) in [5.74, 6) is 3.37. The van der Waals surface area contributed by atoms with Crippen LogP contribution in [0.1, 0.15) is 26.2 Å². The Balaban J connectivity index is 1.62. The van der Waals surface area contributed by atoms with E-state index in [1.165, 1.54) is 19.3 Å². The fraction of sp³-hybridized carbons (Fsp3) is 0.846. The van der Waals surface area contributed by atoms with Gasteiger partial charge in [0.05, 0.1) is 18.8 Å². The lowest BCUT2D eigenvalue weighted by atomic mass is 9.80. The number of aliphatic hydroxyl groups is 1. The van der Waals surface area contributed by atoms with Crippen LogP contribution < -0.4 is 0 Å². The third-order valence-electron chi connectivity index (χ3n) is 4.49. The minimum absolute atomic E-state index is 0.318. The molecule has 2 bridgehead atoms. The van der Waals surface area contributed by atoms with Crippen LogP contribution in [0.4, 0.5) is 0 Å². The Morgan fingerprint density at radius 3 is 3.07 bits per heavy atom. The summed E-state index contributed by atoms with van der Waals surface area (Å²) < 4.78 is 5.83. The van der Waals surface area contributed by atoms with Crippen LogP contribution >= 0.6 is 0 Å². The van der Waals surface area contributed by atoms with E-state index >= 15 is 0 Å². The van der Waals surface area contributed by atoms with Gasteiger partial charge in [-0.3, -0.25) is 0 Å². The summed E-state index contributed by atoms with van der Waals surface area (Å²) in [6.45, 7) is 2.31. The Morgan fingerprint density at radius 2 is 2.27 bits per heavy atom. The van der Waals surface area contributed by atoms with Gasteiger partial charge in [0.2, 0.25) is 0 Å². The van der Waals surface area contributed by atoms with Crippen LogP contribution in [-0.2, 0) is 4.74 Å². The van der Waals surface area contributed by atoms with Crippen LogP contribution in [-0.4, -0.2) is 23.9 Å². The Hall–Kier alpha value is -0.340. The third-order valence-corrected chi connectivity index (χ3v) is 4.49. The zero-order valence-electron chi connectivity index (χ0n) is 9.30. The highest BCUT2D eigenvalue weighted by Gasteiger charge is 2.52. The number of allylic oxidation sites excluding steroid dienone is 2. The van der Waals surface area contributed by atoms with Crippen LogP contribution in [0.3, 0.4) is 0 Å². The molecule has 0 spiro atoms. The Kier molecular flexibility index (Phi) is 2.37. The van der Waals surface area contributed by atoms with Crippen molar-refractivity contribution in [3.8, 4) is 0 Å². The van der Waals surface area contributed by atoms with Gasteiger partial charge in [-0.1, -0.05) is 12.2 Å². The average molecular weight is 208 g/mol. The standard InChI is InChI=1S/C13H20O2/c1-8(14)7-15-13-6-9-5-12(13)11-4-2-3-10(9)11/h2-3,8-14H,4-7H2,1H3. The molecule has 84 valence electrons. The quantitative estimate of drug-likeness (QED) is 0.719. The highest BCUT2D eigenvalue weighted by Crippen LogP contribution is 2.57. The summed E-state index contributed by atoms with van der Waals surface area (Å²) in [5, 5.41) is 9.23. The van der Waals surface area contributed by atoms with Crippen LogP contribution in [0.2, 0.25) is 0 Å². The van der Waals surface area contributed by atoms with E-state index in [4.69, 9.17) is 4.74 Å². The van der Waals surface area contributed by atoms with E-state index in [2.05, 4.69) is 12.2 Å². The molecule has 0 aromatic carbocycles. The fourth-order valence-corrected chi connectivity index (χ4v) is 3.95. The van der Waals surface area contributed by atoms with Crippen molar-refractivity contribution in [3.63, 3.8) is 0 Å². The molecule has 0 aliphatic heterocycles. The Bertz CT molecular complexity index is 272. The van der Waals surface area contributed by atoms with Crippen LogP contribution in [0, 0.1) is 23.7 Å². The summed E-state index contributed by atoms with van der Waals surface area (Å²) >= 11 is 0. The molecular weight excluding hydrogens is 188 g/mol. The molecule has 6 atom stereocenters. The van der Waals surface area contributed by atoms with E-state index < -0.39 is 0 Å². The Labute approximate surface area is 91.3 Å². The molecule has 0 saturated heterocycles. The predicted octanol–water partition coefficient (Wildman–Crippen LogP) is 1.98. The van der Waals surface area contributed by atoms with E-state index in [-0.39, 0.29) is 6.10 Å². The second kappa shape index (κ2) is 3.60. The number of ether oxygens (including phenoxy) is 1. The minimum atomic E-state index is -0.318. The lowest BCUT2D eigenvalue weighted by Gasteiger charge is -2.31. The third kappa shape index (κ3) is 1.55. The van der Waals surface area contributed by atoms with E-state index in [1.807, 2.05) is 0 Å². The number of hydrogen-bond acceptors (Lipinski definition) is 2. The molecule has 2 saturated carbocycles. The highest BCUT2D eigenvalue weighted by molar-refractivity contribution is 5.14. The number of aliphatic hydroxyl groups excluding tert-OH is 1.